The highest BCUT2D eigenvalue weighted by molar-refractivity contribution is 7.89. The first-order valence-electron chi connectivity index (χ1n) is 16.6. The van der Waals surface area contributed by atoms with Crippen LogP contribution in [0.25, 0.3) is 0 Å². The molecule has 4 aromatic rings. The highest BCUT2D eigenvalue weighted by atomic mass is 32.2. The molecule has 5 N–H and O–H groups in total. The maximum absolute atomic E-state index is 14.3. The van der Waals surface area contributed by atoms with Crippen molar-refractivity contribution in [3.05, 3.63) is 126 Å². The number of nitrogens with one attached hydrogen (secondary N) is 2. The number of aliphatic hydroxyl groups is 1. The van der Waals surface area contributed by atoms with E-state index in [1.165, 1.54) is 16.4 Å². The van der Waals surface area contributed by atoms with Crippen molar-refractivity contribution in [2.45, 2.75) is 62.4 Å². The summed E-state index contributed by atoms with van der Waals surface area (Å²) in [5.74, 6) is -0.643. The normalized spacial score (nSPS) is 13.5. The molecule has 260 valence electrons. The number of anilines is 1. The zero-order valence-corrected chi connectivity index (χ0v) is 29.0. The van der Waals surface area contributed by atoms with Crippen LogP contribution in [-0.2, 0) is 38.0 Å². The zero-order valence-electron chi connectivity index (χ0n) is 28.2. The number of amides is 2. The third kappa shape index (κ3) is 10.2. The van der Waals surface area contributed by atoms with E-state index in [-0.39, 0.29) is 55.2 Å². The standard InChI is InChI=1S/C38H47N5O5S/c1-29(2)27-43(49(47,48)35-20-18-33(39)19-21-35)34(28-44)17-9-10-23-41-37(46)38(32-15-7-4-8-16-32,25-30-12-5-3-6-13-30)42-36(45)24-31-14-11-22-40-26-31/h3-8,11-16,18-22,26,29,34,44H,9-10,17,23-25,27-28,39H2,1-2H3,(H,41,46)(H,42,45)/t34?,38-/m0/s1. The Hall–Kier alpha value is -4.58. The average molecular weight is 686 g/mol. The number of rotatable bonds is 18. The largest absolute Gasteiger partial charge is 0.399 e. The van der Waals surface area contributed by atoms with Crippen LogP contribution in [-0.4, -0.2) is 60.4 Å². The van der Waals surface area contributed by atoms with E-state index in [9.17, 15) is 23.1 Å². The first-order chi connectivity index (χ1) is 23.5. The Bertz CT molecular complexity index is 1720. The minimum atomic E-state index is -3.89. The monoisotopic (exact) mass is 685 g/mol. The van der Waals surface area contributed by atoms with Gasteiger partial charge in [-0.05, 0) is 65.8 Å². The average Bonchev–Trinajstić information content (AvgIpc) is 3.10. The number of carbonyl (C=O) groups excluding carboxylic acids is 2. The van der Waals surface area contributed by atoms with Gasteiger partial charge in [0.25, 0.3) is 5.91 Å². The Labute approximate surface area is 289 Å². The molecule has 0 aliphatic rings. The minimum Gasteiger partial charge on any atom is -0.399 e. The fourth-order valence-electron chi connectivity index (χ4n) is 5.84. The van der Waals surface area contributed by atoms with Gasteiger partial charge in [-0.3, -0.25) is 14.6 Å². The first-order valence-corrected chi connectivity index (χ1v) is 18.0. The molecule has 0 fully saturated rings. The van der Waals surface area contributed by atoms with Crippen molar-refractivity contribution in [2.75, 3.05) is 25.4 Å². The van der Waals surface area contributed by atoms with Crippen molar-refractivity contribution in [1.29, 1.82) is 0 Å². The molecule has 0 spiro atoms. The topological polar surface area (TPSA) is 155 Å². The quantitative estimate of drug-likeness (QED) is 0.0891. The van der Waals surface area contributed by atoms with Crippen LogP contribution in [0.1, 0.15) is 49.8 Å². The van der Waals surface area contributed by atoms with Crippen LogP contribution in [0, 0.1) is 5.92 Å². The summed E-state index contributed by atoms with van der Waals surface area (Å²) in [6.07, 6.45) is 5.01. The van der Waals surface area contributed by atoms with Crippen molar-refractivity contribution < 1.29 is 23.1 Å². The lowest BCUT2D eigenvalue weighted by atomic mass is 9.82. The molecule has 0 saturated heterocycles. The second-order valence-electron chi connectivity index (χ2n) is 12.6. The van der Waals surface area contributed by atoms with Crippen LogP contribution in [0.4, 0.5) is 5.69 Å². The third-order valence-corrected chi connectivity index (χ3v) is 10.2. The van der Waals surface area contributed by atoms with Gasteiger partial charge in [0.15, 0.2) is 0 Å². The molecule has 1 unspecified atom stereocenters. The van der Waals surface area contributed by atoms with E-state index in [2.05, 4.69) is 15.6 Å². The number of nitrogens with two attached hydrogens (primary N) is 1. The molecule has 0 aliphatic carbocycles. The van der Waals surface area contributed by atoms with E-state index in [0.29, 0.717) is 30.5 Å². The van der Waals surface area contributed by atoms with Gasteiger partial charge in [0, 0.05) is 43.6 Å². The maximum atomic E-state index is 14.3. The van der Waals surface area contributed by atoms with Crippen molar-refractivity contribution >= 4 is 27.5 Å². The summed E-state index contributed by atoms with van der Waals surface area (Å²) in [6.45, 7) is 4.05. The molecule has 11 heteroatoms. The van der Waals surface area contributed by atoms with E-state index in [1.54, 1.807) is 30.6 Å². The minimum absolute atomic E-state index is 0.0287. The highest BCUT2D eigenvalue weighted by Crippen LogP contribution is 2.28. The predicted molar refractivity (Wildman–Crippen MR) is 192 cm³/mol. The number of hydrogen-bond donors (Lipinski definition) is 4. The van der Waals surface area contributed by atoms with E-state index < -0.39 is 21.6 Å². The summed E-state index contributed by atoms with van der Waals surface area (Å²) in [7, 11) is -3.89. The molecule has 10 nitrogen and oxygen atoms in total. The smallest absolute Gasteiger partial charge is 0.250 e. The van der Waals surface area contributed by atoms with Gasteiger partial charge in [-0.1, -0.05) is 87.0 Å². The fraction of sp³-hybridized carbons (Fsp3) is 0.342. The summed E-state index contributed by atoms with van der Waals surface area (Å²) >= 11 is 0. The number of pyridine rings is 1. The zero-order chi connectivity index (χ0) is 35.3. The Balaban J connectivity index is 1.50. The lowest BCUT2D eigenvalue weighted by Gasteiger charge is -2.34. The van der Waals surface area contributed by atoms with Gasteiger partial charge < -0.3 is 21.5 Å². The van der Waals surface area contributed by atoms with Gasteiger partial charge in [0.05, 0.1) is 17.9 Å². The van der Waals surface area contributed by atoms with Gasteiger partial charge in [0.1, 0.15) is 5.54 Å². The molecule has 0 bridgehead atoms. The van der Waals surface area contributed by atoms with Crippen LogP contribution in [0.5, 0.6) is 0 Å². The molecule has 1 aromatic heterocycles. The molecule has 49 heavy (non-hydrogen) atoms. The van der Waals surface area contributed by atoms with Gasteiger partial charge in [-0.2, -0.15) is 4.31 Å². The van der Waals surface area contributed by atoms with Crippen molar-refractivity contribution in [2.24, 2.45) is 5.92 Å². The predicted octanol–water partition coefficient (Wildman–Crippen LogP) is 4.46. The maximum Gasteiger partial charge on any atom is 0.250 e. The molecule has 3 aromatic carbocycles. The molecule has 0 saturated carbocycles. The number of nitrogen functional groups attached to an aromatic ring is 1. The lowest BCUT2D eigenvalue weighted by Crippen LogP contribution is -2.58. The van der Waals surface area contributed by atoms with E-state index >= 15 is 0 Å². The Morgan fingerprint density at radius 1 is 0.898 bits per heavy atom. The number of unbranched alkanes of at least 4 members (excludes halogenated alkanes) is 1. The molecule has 1 heterocycles. The second-order valence-corrected chi connectivity index (χ2v) is 14.5. The van der Waals surface area contributed by atoms with Crippen molar-refractivity contribution in [3.63, 3.8) is 0 Å². The molecule has 2 atom stereocenters. The van der Waals surface area contributed by atoms with Crippen LogP contribution in [0.3, 0.4) is 0 Å². The van der Waals surface area contributed by atoms with E-state index in [1.807, 2.05) is 80.6 Å². The second kappa shape index (κ2) is 17.7. The Morgan fingerprint density at radius 2 is 1.55 bits per heavy atom. The van der Waals surface area contributed by atoms with Crippen LogP contribution in [0.2, 0.25) is 0 Å². The van der Waals surface area contributed by atoms with Crippen LogP contribution in [0.15, 0.2) is 114 Å². The van der Waals surface area contributed by atoms with Crippen LogP contribution < -0.4 is 16.4 Å². The number of nitrogens with zero attached hydrogens (tertiary/aromatic N) is 2. The SMILES string of the molecule is CC(C)CN(C(CO)CCCCNC(=O)[C@@](Cc1ccccc1)(NC(=O)Cc1cccnc1)c1ccccc1)S(=O)(=O)c1ccc(N)cc1. The molecule has 2 amide bonds. The van der Waals surface area contributed by atoms with Gasteiger partial charge >= 0.3 is 0 Å². The summed E-state index contributed by atoms with van der Waals surface area (Å²) in [5, 5.41) is 16.5. The Morgan fingerprint density at radius 3 is 2.16 bits per heavy atom. The van der Waals surface area contributed by atoms with Gasteiger partial charge in [0.2, 0.25) is 15.9 Å². The Kier molecular flexibility index (Phi) is 13.5. The molecule has 0 radical (unpaired) electrons. The fourth-order valence-corrected chi connectivity index (χ4v) is 7.65. The number of aliphatic hydroxyl groups excluding tert-OH is 1. The van der Waals surface area contributed by atoms with E-state index in [0.717, 1.165) is 11.1 Å². The summed E-state index contributed by atoms with van der Waals surface area (Å²) < 4.78 is 28.6. The summed E-state index contributed by atoms with van der Waals surface area (Å²) in [4.78, 5) is 32.0. The van der Waals surface area contributed by atoms with Crippen molar-refractivity contribution in [3.8, 4) is 0 Å². The first kappa shape index (κ1) is 37.2. The summed E-state index contributed by atoms with van der Waals surface area (Å²) in [6, 6.07) is 27.7. The molecular weight excluding hydrogens is 639 g/mol. The number of carbonyl (C=O) groups is 2. The highest BCUT2D eigenvalue weighted by Gasteiger charge is 2.42. The molecule has 4 rings (SSSR count). The third-order valence-electron chi connectivity index (χ3n) is 8.31. The number of hydrogen-bond acceptors (Lipinski definition) is 7. The van der Waals surface area contributed by atoms with E-state index in [4.69, 9.17) is 5.73 Å². The number of sulfonamides is 1. The lowest BCUT2D eigenvalue weighted by molar-refractivity contribution is -0.134. The van der Waals surface area contributed by atoms with Crippen LogP contribution >= 0.6 is 0 Å². The van der Waals surface area contributed by atoms with Gasteiger partial charge in [-0.25, -0.2) is 8.42 Å². The summed E-state index contributed by atoms with van der Waals surface area (Å²) in [5.41, 5.74) is 7.09. The van der Waals surface area contributed by atoms with Gasteiger partial charge in [-0.15, -0.1) is 0 Å². The number of benzene rings is 3. The molecule has 0 aliphatic heterocycles. The number of aromatic nitrogens is 1. The molecular formula is C38H47N5O5S. The van der Waals surface area contributed by atoms with Crippen molar-refractivity contribution in [1.82, 2.24) is 19.9 Å².